The fraction of sp³-hybridized carbons (Fsp3) is 0. The maximum absolute atomic E-state index is 5.12. The highest BCUT2D eigenvalue weighted by molar-refractivity contribution is 7.80. The van der Waals surface area contributed by atoms with E-state index in [1.54, 1.807) is 6.21 Å². The Balaban J connectivity index is 2.43. The molecule has 11 heavy (non-hydrogen) atoms. The van der Waals surface area contributed by atoms with E-state index in [9.17, 15) is 0 Å². The molecule has 0 atom stereocenters. The maximum Gasteiger partial charge on any atom is 0.184 e. The van der Waals surface area contributed by atoms with Gasteiger partial charge in [-0.2, -0.15) is 9.47 Å². The van der Waals surface area contributed by atoms with Crippen LogP contribution in [0, 0.1) is 0 Å². The Kier molecular flexibility index (Phi) is 2.94. The quantitative estimate of drug-likeness (QED) is 0.396. The molecule has 0 saturated heterocycles. The summed E-state index contributed by atoms with van der Waals surface area (Å²) in [4.78, 5) is 0. The van der Waals surface area contributed by atoms with E-state index in [0.29, 0.717) is 0 Å². The zero-order chi connectivity index (χ0) is 8.10. The van der Waals surface area contributed by atoms with Crippen LogP contribution in [0.4, 0.5) is 0 Å². The fourth-order valence-corrected chi connectivity index (χ4v) is 0.994. The van der Waals surface area contributed by atoms with Gasteiger partial charge in [0.1, 0.15) is 0 Å². The van der Waals surface area contributed by atoms with E-state index >= 15 is 0 Å². The van der Waals surface area contributed by atoms with Gasteiger partial charge in [0.2, 0.25) is 0 Å². The van der Waals surface area contributed by atoms with Crippen molar-refractivity contribution in [3.05, 3.63) is 17.1 Å². The Hall–Kier alpha value is -1.01. The van der Waals surface area contributed by atoms with E-state index in [2.05, 4.69) is 27.1 Å². The molecule has 0 aromatic carbocycles. The van der Waals surface area contributed by atoms with Crippen molar-refractivity contribution in [1.29, 1.82) is 0 Å². The lowest BCUT2D eigenvalue weighted by atomic mass is 10.5. The van der Waals surface area contributed by atoms with E-state index in [0.717, 1.165) is 5.69 Å². The Morgan fingerprint density at radius 2 is 2.73 bits per heavy atom. The third-order valence-corrected chi connectivity index (χ3v) is 1.49. The van der Waals surface area contributed by atoms with Gasteiger partial charge < -0.3 is 5.73 Å². The first-order chi connectivity index (χ1) is 5.29. The van der Waals surface area contributed by atoms with Crippen LogP contribution in [0.3, 0.4) is 0 Å². The molecule has 0 aliphatic carbocycles. The smallest absolute Gasteiger partial charge is 0.184 e. The van der Waals surface area contributed by atoms with Crippen LogP contribution in [-0.2, 0) is 0 Å². The van der Waals surface area contributed by atoms with E-state index < -0.39 is 0 Å². The lowest BCUT2D eigenvalue weighted by Gasteiger charge is -1.90. The summed E-state index contributed by atoms with van der Waals surface area (Å²) in [7, 11) is 0. The van der Waals surface area contributed by atoms with Gasteiger partial charge in [-0.3, -0.25) is 5.43 Å². The molecular weight excluding hydrogens is 180 g/mol. The standard InChI is InChI=1S/C5H6N4S2/c6-5(10)8-7-3-4-1-2-11-9-4/h1-3H,(H3,6,8,10)/b7-3-. The Bertz CT molecular complexity index is 253. The van der Waals surface area contributed by atoms with Gasteiger partial charge in [0.25, 0.3) is 0 Å². The second kappa shape index (κ2) is 3.99. The van der Waals surface area contributed by atoms with Crippen LogP contribution in [0.1, 0.15) is 5.69 Å². The maximum atomic E-state index is 5.12. The molecule has 1 rings (SSSR count). The highest BCUT2D eigenvalue weighted by Gasteiger charge is 1.86. The Morgan fingerprint density at radius 1 is 1.91 bits per heavy atom. The number of nitrogens with zero attached hydrogens (tertiary/aromatic N) is 2. The minimum atomic E-state index is 0.150. The molecule has 0 spiro atoms. The topological polar surface area (TPSA) is 63.3 Å². The third-order valence-electron chi connectivity index (χ3n) is 0.829. The monoisotopic (exact) mass is 186 g/mol. The predicted octanol–water partition coefficient (Wildman–Crippen LogP) is 0.310. The average molecular weight is 186 g/mol. The van der Waals surface area contributed by atoms with Crippen LogP contribution in [0.15, 0.2) is 16.5 Å². The average Bonchev–Trinajstić information content (AvgIpc) is 2.39. The molecule has 1 heterocycles. The fourth-order valence-electron chi connectivity index (χ4n) is 0.450. The summed E-state index contributed by atoms with van der Waals surface area (Å²) in [5.41, 5.74) is 8.34. The first-order valence-electron chi connectivity index (χ1n) is 2.78. The molecule has 3 N–H and O–H groups in total. The van der Waals surface area contributed by atoms with Gasteiger partial charge in [0.05, 0.1) is 11.9 Å². The van der Waals surface area contributed by atoms with Crippen LogP contribution >= 0.6 is 23.8 Å². The first kappa shape index (κ1) is 8.09. The largest absolute Gasteiger partial charge is 0.375 e. The number of aromatic nitrogens is 1. The van der Waals surface area contributed by atoms with Crippen molar-refractivity contribution in [1.82, 2.24) is 9.80 Å². The molecule has 0 saturated carbocycles. The number of thiocarbonyl (C=S) groups is 1. The van der Waals surface area contributed by atoms with Crippen molar-refractivity contribution in [2.45, 2.75) is 0 Å². The Morgan fingerprint density at radius 3 is 3.27 bits per heavy atom. The van der Waals surface area contributed by atoms with Crippen molar-refractivity contribution < 1.29 is 0 Å². The SMILES string of the molecule is NC(=S)N/N=C\c1ccsn1. The molecule has 1 aromatic rings. The van der Waals surface area contributed by atoms with Crippen LogP contribution in [0.25, 0.3) is 0 Å². The number of nitrogens with one attached hydrogen (secondary N) is 1. The van der Waals surface area contributed by atoms with Crippen molar-refractivity contribution in [2.24, 2.45) is 10.8 Å². The number of hydrogen-bond acceptors (Lipinski definition) is 4. The molecule has 58 valence electrons. The molecular formula is C5H6N4S2. The van der Waals surface area contributed by atoms with E-state index in [-0.39, 0.29) is 5.11 Å². The zero-order valence-electron chi connectivity index (χ0n) is 5.52. The first-order valence-corrected chi connectivity index (χ1v) is 4.02. The second-order valence-corrected chi connectivity index (χ2v) is 2.76. The van der Waals surface area contributed by atoms with E-state index in [4.69, 9.17) is 5.73 Å². The van der Waals surface area contributed by atoms with Gasteiger partial charge in [-0.1, -0.05) is 0 Å². The van der Waals surface area contributed by atoms with Gasteiger partial charge in [0, 0.05) is 5.38 Å². The van der Waals surface area contributed by atoms with Crippen LogP contribution in [-0.4, -0.2) is 15.7 Å². The van der Waals surface area contributed by atoms with Crippen molar-refractivity contribution in [2.75, 3.05) is 0 Å². The lowest BCUT2D eigenvalue weighted by molar-refractivity contribution is 1.04. The summed E-state index contributed by atoms with van der Waals surface area (Å²) in [5, 5.41) is 5.73. The molecule has 0 aliphatic heterocycles. The third kappa shape index (κ3) is 3.06. The number of rotatable bonds is 2. The highest BCUT2D eigenvalue weighted by atomic mass is 32.1. The summed E-state index contributed by atoms with van der Waals surface area (Å²) in [6.45, 7) is 0. The summed E-state index contributed by atoms with van der Waals surface area (Å²) < 4.78 is 3.98. The molecule has 6 heteroatoms. The number of hydrogen-bond donors (Lipinski definition) is 2. The normalized spacial score (nSPS) is 10.2. The number of nitrogens with two attached hydrogens (primary N) is 1. The second-order valence-electron chi connectivity index (χ2n) is 1.66. The summed E-state index contributed by atoms with van der Waals surface area (Å²) in [6.07, 6.45) is 1.55. The molecule has 0 radical (unpaired) electrons. The van der Waals surface area contributed by atoms with Gasteiger partial charge >= 0.3 is 0 Å². The molecule has 0 unspecified atom stereocenters. The highest BCUT2D eigenvalue weighted by Crippen LogP contribution is 1.94. The van der Waals surface area contributed by atoms with Crippen LogP contribution < -0.4 is 11.2 Å². The Labute approximate surface area is 73.3 Å². The zero-order valence-corrected chi connectivity index (χ0v) is 7.15. The van der Waals surface area contributed by atoms with Crippen LogP contribution in [0.2, 0.25) is 0 Å². The summed E-state index contributed by atoms with van der Waals surface area (Å²) in [5.74, 6) is 0. The molecule has 0 fully saturated rings. The summed E-state index contributed by atoms with van der Waals surface area (Å²) in [6, 6.07) is 1.84. The molecule has 0 amide bonds. The predicted molar refractivity (Wildman–Crippen MR) is 49.6 cm³/mol. The minimum Gasteiger partial charge on any atom is -0.375 e. The van der Waals surface area contributed by atoms with Crippen molar-refractivity contribution in [3.8, 4) is 0 Å². The molecule has 0 aliphatic rings. The minimum absolute atomic E-state index is 0.150. The van der Waals surface area contributed by atoms with Crippen LogP contribution in [0.5, 0.6) is 0 Å². The van der Waals surface area contributed by atoms with E-state index in [1.165, 1.54) is 11.5 Å². The summed E-state index contributed by atoms with van der Waals surface area (Å²) >= 11 is 5.89. The van der Waals surface area contributed by atoms with E-state index in [1.807, 2.05) is 11.4 Å². The van der Waals surface area contributed by atoms with Crippen molar-refractivity contribution in [3.63, 3.8) is 0 Å². The molecule has 4 nitrogen and oxygen atoms in total. The van der Waals surface area contributed by atoms with Gasteiger partial charge in [-0.15, -0.1) is 0 Å². The van der Waals surface area contributed by atoms with Crippen molar-refractivity contribution >= 4 is 35.1 Å². The lowest BCUT2D eigenvalue weighted by Crippen LogP contribution is -2.23. The number of hydrazone groups is 1. The van der Waals surface area contributed by atoms with Gasteiger partial charge in [-0.25, -0.2) is 0 Å². The molecule has 1 aromatic heterocycles. The molecule has 0 bridgehead atoms. The van der Waals surface area contributed by atoms with Gasteiger partial charge in [0.15, 0.2) is 5.11 Å². The van der Waals surface area contributed by atoms with Gasteiger partial charge in [-0.05, 0) is 29.8 Å².